The van der Waals surface area contributed by atoms with Gasteiger partial charge in [-0.25, -0.2) is 0 Å². The van der Waals surface area contributed by atoms with Crippen molar-refractivity contribution in [1.29, 1.82) is 0 Å². The van der Waals surface area contributed by atoms with Crippen molar-refractivity contribution in [3.05, 3.63) is 34.3 Å². The van der Waals surface area contributed by atoms with Crippen molar-refractivity contribution in [1.82, 2.24) is 0 Å². The van der Waals surface area contributed by atoms with Crippen LogP contribution in [0.2, 0.25) is 0 Å². The molecule has 17 heavy (non-hydrogen) atoms. The molecule has 1 aromatic rings. The first-order valence-corrected chi connectivity index (χ1v) is 6.67. The molecule has 3 heteroatoms. The molecule has 0 aliphatic carbocycles. The van der Waals surface area contributed by atoms with Gasteiger partial charge in [0.15, 0.2) is 0 Å². The van der Waals surface area contributed by atoms with Crippen molar-refractivity contribution in [2.24, 2.45) is 11.1 Å². The molecular formula is C14H22BrNO. The third-order valence-electron chi connectivity index (χ3n) is 2.91. The largest absolute Gasteiger partial charge is 0.379 e. The van der Waals surface area contributed by atoms with Crippen LogP contribution in [0.3, 0.4) is 0 Å². The highest BCUT2D eigenvalue weighted by molar-refractivity contribution is 9.10. The molecule has 2 nitrogen and oxygen atoms in total. The lowest BCUT2D eigenvalue weighted by Gasteiger charge is -2.34. The van der Waals surface area contributed by atoms with Gasteiger partial charge >= 0.3 is 0 Å². The third kappa shape index (κ3) is 4.09. The molecular weight excluding hydrogens is 278 g/mol. The van der Waals surface area contributed by atoms with Gasteiger partial charge in [-0.2, -0.15) is 0 Å². The fourth-order valence-electron chi connectivity index (χ4n) is 2.20. The van der Waals surface area contributed by atoms with Crippen LogP contribution in [0.5, 0.6) is 0 Å². The summed E-state index contributed by atoms with van der Waals surface area (Å²) >= 11 is 3.55. The third-order valence-corrected chi connectivity index (χ3v) is 3.68. The first-order valence-electron chi connectivity index (χ1n) is 5.88. The summed E-state index contributed by atoms with van der Waals surface area (Å²) in [5.74, 6) is 0. The molecule has 96 valence electrons. The number of methoxy groups -OCH3 is 1. The number of hydrogen-bond acceptors (Lipinski definition) is 2. The molecule has 1 rings (SSSR count). The highest BCUT2D eigenvalue weighted by Crippen LogP contribution is 2.26. The Bertz CT molecular complexity index is 359. The highest BCUT2D eigenvalue weighted by atomic mass is 79.9. The maximum absolute atomic E-state index is 6.27. The van der Waals surface area contributed by atoms with Crippen LogP contribution in [0, 0.1) is 5.41 Å². The van der Waals surface area contributed by atoms with Crippen LogP contribution in [0.25, 0.3) is 0 Å². The van der Waals surface area contributed by atoms with Crippen LogP contribution in [0.1, 0.15) is 26.3 Å². The van der Waals surface area contributed by atoms with E-state index in [9.17, 15) is 0 Å². The van der Waals surface area contributed by atoms with Gasteiger partial charge < -0.3 is 10.5 Å². The summed E-state index contributed by atoms with van der Waals surface area (Å²) in [4.78, 5) is 0. The van der Waals surface area contributed by atoms with Crippen LogP contribution in [0.15, 0.2) is 28.7 Å². The minimum Gasteiger partial charge on any atom is -0.379 e. The fourth-order valence-corrected chi connectivity index (χ4v) is 2.64. The Hall–Kier alpha value is -0.380. The van der Waals surface area contributed by atoms with Crippen molar-refractivity contribution in [3.63, 3.8) is 0 Å². The van der Waals surface area contributed by atoms with E-state index in [1.54, 1.807) is 7.11 Å². The molecule has 0 heterocycles. The SMILES string of the molecule is COC(C(N)Cc1ccccc1Br)C(C)(C)C. The summed E-state index contributed by atoms with van der Waals surface area (Å²) in [6.45, 7) is 6.46. The molecule has 0 aliphatic rings. The van der Waals surface area contributed by atoms with E-state index in [1.165, 1.54) is 5.56 Å². The van der Waals surface area contributed by atoms with Crippen LogP contribution >= 0.6 is 15.9 Å². The number of hydrogen-bond donors (Lipinski definition) is 1. The quantitative estimate of drug-likeness (QED) is 0.925. The lowest BCUT2D eigenvalue weighted by Crippen LogP contribution is -2.46. The summed E-state index contributed by atoms with van der Waals surface area (Å²) in [5.41, 5.74) is 7.55. The van der Waals surface area contributed by atoms with Gasteiger partial charge in [0.2, 0.25) is 0 Å². The summed E-state index contributed by atoms with van der Waals surface area (Å²) in [5, 5.41) is 0. The minimum atomic E-state index is -0.00120. The standard InChI is InChI=1S/C14H22BrNO/c1-14(2,3)13(17-4)12(16)9-10-7-5-6-8-11(10)15/h5-8,12-13H,9,16H2,1-4H3. The Kier molecular flexibility index (Phi) is 5.17. The van der Waals surface area contributed by atoms with Crippen molar-refractivity contribution in [3.8, 4) is 0 Å². The van der Waals surface area contributed by atoms with Gasteiger partial charge in [-0.05, 0) is 23.5 Å². The topological polar surface area (TPSA) is 35.2 Å². The first-order chi connectivity index (χ1) is 7.86. The lowest BCUT2D eigenvalue weighted by atomic mass is 9.83. The van der Waals surface area contributed by atoms with Crippen LogP contribution in [-0.2, 0) is 11.2 Å². The zero-order chi connectivity index (χ0) is 13.1. The predicted octanol–water partition coefficient (Wildman–Crippen LogP) is 3.38. The first kappa shape index (κ1) is 14.7. The van der Waals surface area contributed by atoms with Gasteiger partial charge in [-0.15, -0.1) is 0 Å². The van der Waals surface area contributed by atoms with E-state index in [2.05, 4.69) is 42.8 Å². The van der Waals surface area contributed by atoms with Crippen molar-refractivity contribution in [2.75, 3.05) is 7.11 Å². The maximum Gasteiger partial charge on any atom is 0.0773 e. The van der Waals surface area contributed by atoms with Crippen LogP contribution < -0.4 is 5.73 Å². The van der Waals surface area contributed by atoms with Crippen molar-refractivity contribution in [2.45, 2.75) is 39.3 Å². The molecule has 0 aliphatic heterocycles. The number of benzene rings is 1. The van der Waals surface area contributed by atoms with Crippen molar-refractivity contribution < 1.29 is 4.74 Å². The molecule has 0 bridgehead atoms. The molecule has 2 N–H and O–H groups in total. The number of ether oxygens (including phenoxy) is 1. The summed E-state index contributed by atoms with van der Waals surface area (Å²) in [6, 6.07) is 8.18. The predicted molar refractivity (Wildman–Crippen MR) is 76.1 cm³/mol. The van der Waals surface area contributed by atoms with E-state index in [0.717, 1.165) is 10.9 Å². The van der Waals surface area contributed by atoms with Gasteiger partial charge in [0.25, 0.3) is 0 Å². The van der Waals surface area contributed by atoms with Gasteiger partial charge in [0.1, 0.15) is 0 Å². The van der Waals surface area contributed by atoms with Gasteiger partial charge in [0, 0.05) is 17.6 Å². The summed E-state index contributed by atoms with van der Waals surface area (Å²) in [6.07, 6.45) is 0.867. The Labute approximate surface area is 113 Å². The summed E-state index contributed by atoms with van der Waals surface area (Å²) < 4.78 is 6.66. The Morgan fingerprint density at radius 3 is 2.35 bits per heavy atom. The van der Waals surface area contributed by atoms with E-state index < -0.39 is 0 Å². The number of rotatable bonds is 4. The lowest BCUT2D eigenvalue weighted by molar-refractivity contribution is -0.00168. The minimum absolute atomic E-state index is 0.00120. The average Bonchev–Trinajstić information content (AvgIpc) is 2.20. The fraction of sp³-hybridized carbons (Fsp3) is 0.571. The molecule has 0 aromatic heterocycles. The molecule has 1 aromatic carbocycles. The number of halogens is 1. The van der Waals surface area contributed by atoms with E-state index in [1.807, 2.05) is 18.2 Å². The van der Waals surface area contributed by atoms with E-state index in [-0.39, 0.29) is 17.6 Å². The molecule has 0 fully saturated rings. The molecule has 0 saturated heterocycles. The molecule has 2 atom stereocenters. The van der Waals surface area contributed by atoms with E-state index in [0.29, 0.717) is 0 Å². The molecule has 2 unspecified atom stereocenters. The van der Waals surface area contributed by atoms with Crippen LogP contribution in [0.4, 0.5) is 0 Å². The molecule has 0 saturated carbocycles. The zero-order valence-electron chi connectivity index (χ0n) is 11.0. The Morgan fingerprint density at radius 1 is 1.29 bits per heavy atom. The molecule has 0 spiro atoms. The smallest absolute Gasteiger partial charge is 0.0773 e. The second-order valence-electron chi connectivity index (χ2n) is 5.48. The monoisotopic (exact) mass is 299 g/mol. The Morgan fingerprint density at radius 2 is 1.88 bits per heavy atom. The van der Waals surface area contributed by atoms with Crippen LogP contribution in [-0.4, -0.2) is 19.3 Å². The second kappa shape index (κ2) is 5.98. The molecule has 0 amide bonds. The Balaban J connectivity index is 2.78. The van der Waals surface area contributed by atoms with Crippen molar-refractivity contribution >= 4 is 15.9 Å². The number of nitrogens with two attached hydrogens (primary N) is 1. The van der Waals surface area contributed by atoms with E-state index >= 15 is 0 Å². The molecule has 0 radical (unpaired) electrons. The second-order valence-corrected chi connectivity index (χ2v) is 6.34. The maximum atomic E-state index is 6.27. The van der Waals surface area contributed by atoms with Gasteiger partial charge in [-0.1, -0.05) is 54.9 Å². The average molecular weight is 300 g/mol. The zero-order valence-corrected chi connectivity index (χ0v) is 12.6. The van der Waals surface area contributed by atoms with Gasteiger partial charge in [0.05, 0.1) is 6.10 Å². The highest BCUT2D eigenvalue weighted by Gasteiger charge is 2.30. The normalized spacial score (nSPS) is 15.6. The van der Waals surface area contributed by atoms with E-state index in [4.69, 9.17) is 10.5 Å². The van der Waals surface area contributed by atoms with Gasteiger partial charge in [-0.3, -0.25) is 0 Å². The summed E-state index contributed by atoms with van der Waals surface area (Å²) in [7, 11) is 1.73.